The minimum Gasteiger partial charge on any atom is -0.310 e. The third-order valence-corrected chi connectivity index (χ3v) is 18.3. The van der Waals surface area contributed by atoms with E-state index in [-0.39, 0.29) is 5.41 Å². The fourth-order valence-corrected chi connectivity index (χ4v) is 15.7. The van der Waals surface area contributed by atoms with Gasteiger partial charge in [0, 0.05) is 38.9 Å². The Labute approximate surface area is 429 Å². The molecule has 1 aromatic heterocycles. The number of anilines is 3. The van der Waals surface area contributed by atoms with Crippen LogP contribution < -0.4 is 4.90 Å². The van der Waals surface area contributed by atoms with Crippen LogP contribution in [-0.2, 0) is 10.8 Å². The number of fused-ring (bicyclic) bond motifs is 13. The zero-order valence-electron chi connectivity index (χ0n) is 41.9. The van der Waals surface area contributed by atoms with E-state index in [1.807, 2.05) is 0 Å². The number of nitrogens with zero attached hydrogens (tertiary/aromatic N) is 2. The van der Waals surface area contributed by atoms with E-state index in [9.17, 15) is 0 Å². The van der Waals surface area contributed by atoms with E-state index in [2.05, 4.69) is 261 Å². The maximum absolute atomic E-state index is 2.65. The fraction of sp³-hybridized carbons (Fsp3) is 0.183. The van der Waals surface area contributed by atoms with Crippen LogP contribution in [-0.4, -0.2) is 4.57 Å². The molecule has 2 fully saturated rings. The average Bonchev–Trinajstić information content (AvgIpc) is 3.92. The Morgan fingerprint density at radius 1 is 0.411 bits per heavy atom. The van der Waals surface area contributed by atoms with Crippen LogP contribution in [0.5, 0.6) is 0 Å². The molecule has 2 spiro atoms. The van der Waals surface area contributed by atoms with Crippen LogP contribution in [0.2, 0.25) is 0 Å². The zero-order valence-corrected chi connectivity index (χ0v) is 41.9. The van der Waals surface area contributed by atoms with E-state index in [0.29, 0.717) is 23.2 Å². The molecule has 0 aliphatic heterocycles. The maximum atomic E-state index is 2.65. The van der Waals surface area contributed by atoms with Crippen LogP contribution in [0.25, 0.3) is 60.5 Å². The van der Waals surface area contributed by atoms with Crippen molar-refractivity contribution in [3.63, 3.8) is 0 Å². The van der Waals surface area contributed by atoms with Gasteiger partial charge < -0.3 is 9.47 Å². The Bertz CT molecular complexity index is 3880. The van der Waals surface area contributed by atoms with Crippen molar-refractivity contribution < 1.29 is 0 Å². The van der Waals surface area contributed by atoms with Crippen LogP contribution in [0, 0.1) is 23.2 Å². The van der Waals surface area contributed by atoms with Gasteiger partial charge in [-0.2, -0.15) is 0 Å². The van der Waals surface area contributed by atoms with Crippen molar-refractivity contribution in [3.05, 3.63) is 264 Å². The smallest absolute Gasteiger partial charge is 0.0720 e. The molecule has 15 rings (SSSR count). The highest BCUT2D eigenvalue weighted by atomic mass is 15.1. The van der Waals surface area contributed by atoms with Crippen LogP contribution in [0.15, 0.2) is 231 Å². The molecule has 352 valence electrons. The van der Waals surface area contributed by atoms with Crippen molar-refractivity contribution in [3.8, 4) is 27.9 Å². The molecule has 4 atom stereocenters. The van der Waals surface area contributed by atoms with Crippen LogP contribution >= 0.6 is 0 Å². The largest absolute Gasteiger partial charge is 0.310 e. The molecule has 2 nitrogen and oxygen atoms in total. The van der Waals surface area contributed by atoms with Gasteiger partial charge in [0.15, 0.2) is 0 Å². The number of hydrogen-bond donors (Lipinski definition) is 0. The highest BCUT2D eigenvalue weighted by molar-refractivity contribution is 6.09. The summed E-state index contributed by atoms with van der Waals surface area (Å²) in [6, 6.07) is 87.9. The first-order valence-corrected chi connectivity index (χ1v) is 26.7. The normalized spacial score (nSPS) is 20.7. The molecular weight excluding hydrogens is 881 g/mol. The Hall–Kier alpha value is -7.94. The summed E-state index contributed by atoms with van der Waals surface area (Å²) in [4.78, 5) is 2.53. The topological polar surface area (TPSA) is 8.17 Å². The summed E-state index contributed by atoms with van der Waals surface area (Å²) < 4.78 is 2.40. The number of aromatic nitrogens is 1. The first kappa shape index (κ1) is 42.7. The lowest BCUT2D eigenvalue weighted by Crippen LogP contribution is -2.58. The first-order valence-electron chi connectivity index (χ1n) is 26.7. The minimum atomic E-state index is -0.489. The predicted molar refractivity (Wildman–Crippen MR) is 305 cm³/mol. The zero-order chi connectivity index (χ0) is 48.6. The molecular formula is C71H58N2. The molecule has 2 saturated carbocycles. The Morgan fingerprint density at radius 3 is 1.53 bits per heavy atom. The van der Waals surface area contributed by atoms with Gasteiger partial charge in [-0.1, -0.05) is 191 Å². The summed E-state index contributed by atoms with van der Waals surface area (Å²) in [7, 11) is 0. The first-order chi connectivity index (χ1) is 35.8. The van der Waals surface area contributed by atoms with Crippen LogP contribution in [0.4, 0.5) is 17.1 Å². The van der Waals surface area contributed by atoms with Crippen molar-refractivity contribution in [1.29, 1.82) is 0 Å². The molecule has 2 heteroatoms. The van der Waals surface area contributed by atoms with Gasteiger partial charge in [0.1, 0.15) is 0 Å². The molecule has 4 aliphatic carbocycles. The van der Waals surface area contributed by atoms with Gasteiger partial charge in [-0.05, 0) is 176 Å². The monoisotopic (exact) mass is 938 g/mol. The second kappa shape index (κ2) is 15.8. The van der Waals surface area contributed by atoms with E-state index in [4.69, 9.17) is 0 Å². The lowest BCUT2D eigenvalue weighted by atomic mass is 9.40. The van der Waals surface area contributed by atoms with Gasteiger partial charge >= 0.3 is 0 Å². The Morgan fingerprint density at radius 2 is 0.890 bits per heavy atom. The van der Waals surface area contributed by atoms with E-state index in [1.54, 1.807) is 11.1 Å². The van der Waals surface area contributed by atoms with E-state index >= 15 is 0 Å². The Balaban J connectivity index is 0.927. The van der Waals surface area contributed by atoms with Crippen molar-refractivity contribution in [2.45, 2.75) is 57.3 Å². The third kappa shape index (κ3) is 6.04. The summed E-state index contributed by atoms with van der Waals surface area (Å²) >= 11 is 0. The van der Waals surface area contributed by atoms with Crippen LogP contribution in [0.3, 0.4) is 0 Å². The third-order valence-electron chi connectivity index (χ3n) is 18.3. The lowest BCUT2D eigenvalue weighted by Gasteiger charge is -2.63. The minimum absolute atomic E-state index is 0.0866. The van der Waals surface area contributed by atoms with Gasteiger partial charge in [0.05, 0.1) is 16.4 Å². The molecule has 1 heterocycles. The summed E-state index contributed by atoms with van der Waals surface area (Å²) in [6.45, 7) is 7.63. The van der Waals surface area contributed by atoms with Crippen molar-refractivity contribution in [2.24, 2.45) is 23.2 Å². The molecule has 10 aromatic carbocycles. The molecule has 0 radical (unpaired) electrons. The molecule has 0 N–H and O–H groups in total. The number of rotatable bonds is 5. The second-order valence-corrected chi connectivity index (χ2v) is 22.9. The maximum Gasteiger partial charge on any atom is 0.0720 e. The van der Waals surface area contributed by atoms with Crippen molar-refractivity contribution >= 4 is 49.6 Å². The molecule has 4 aliphatic rings. The number of benzene rings is 10. The SMILES string of the molecule is C[C@H]1C[C@@H]2CC(C)(C)C[C@H](C1)C21c2ccccc2C2(c3ccccc3-c3ccccc32)c2cc(N(c3ccc(-c4ccc(-n5c6ccccc6c6ccccc65)cc4)cc3)c3ccc4ccccc4c3)ccc21. The highest BCUT2D eigenvalue weighted by Crippen LogP contribution is 2.70. The molecule has 0 amide bonds. The fourth-order valence-electron chi connectivity index (χ4n) is 15.7. The summed E-state index contributed by atoms with van der Waals surface area (Å²) in [6.07, 6.45) is 4.99. The molecule has 0 saturated heterocycles. The van der Waals surface area contributed by atoms with E-state index in [0.717, 1.165) is 17.1 Å². The lowest BCUT2D eigenvalue weighted by molar-refractivity contribution is -0.0137. The van der Waals surface area contributed by atoms with Crippen molar-refractivity contribution in [1.82, 2.24) is 4.57 Å². The highest BCUT2D eigenvalue weighted by Gasteiger charge is 2.63. The number of hydrogen-bond acceptors (Lipinski definition) is 1. The standard InChI is InChI=1S/C71H58N2/c1-46-40-51-44-69(2,3)45-52(41-46)70(51)63-24-12-13-25-64(63)71(61-22-10-6-18-57(61)58-19-7-11-23-62(58)71)66-43-56(38-39-65(66)70)72(55-37-32-47-16-4-5-17-50(47)42-55)53-33-28-48(29-34-53)49-30-35-54(36-31-49)73-67-26-14-8-20-59(67)60-21-9-15-27-68(60)73/h4-39,42-43,46,51-52H,40-41,44-45H2,1-3H3/t46-,51+,52-,70?. The van der Waals surface area contributed by atoms with Gasteiger partial charge in [0.2, 0.25) is 0 Å². The summed E-state index contributed by atoms with van der Waals surface area (Å²) in [5, 5.41) is 5.03. The molecule has 73 heavy (non-hydrogen) atoms. The molecule has 11 aromatic rings. The summed E-state index contributed by atoms with van der Waals surface area (Å²) in [5.41, 5.74) is 20.8. The summed E-state index contributed by atoms with van der Waals surface area (Å²) in [5.74, 6) is 1.79. The van der Waals surface area contributed by atoms with Gasteiger partial charge in [0.25, 0.3) is 0 Å². The average molecular weight is 939 g/mol. The van der Waals surface area contributed by atoms with E-state index < -0.39 is 5.41 Å². The molecule has 1 unspecified atom stereocenters. The van der Waals surface area contributed by atoms with E-state index in [1.165, 1.54) is 108 Å². The van der Waals surface area contributed by atoms with Gasteiger partial charge in [-0.25, -0.2) is 0 Å². The quantitative estimate of drug-likeness (QED) is 0.167. The van der Waals surface area contributed by atoms with Crippen molar-refractivity contribution in [2.75, 3.05) is 4.90 Å². The Kier molecular flexibility index (Phi) is 9.23. The second-order valence-electron chi connectivity index (χ2n) is 22.9. The molecule has 2 bridgehead atoms. The number of para-hydroxylation sites is 2. The van der Waals surface area contributed by atoms with Crippen LogP contribution in [0.1, 0.15) is 79.8 Å². The van der Waals surface area contributed by atoms with Gasteiger partial charge in [-0.15, -0.1) is 0 Å². The van der Waals surface area contributed by atoms with Gasteiger partial charge in [-0.3, -0.25) is 0 Å². The predicted octanol–water partition coefficient (Wildman–Crippen LogP) is 18.5.